The van der Waals surface area contributed by atoms with Crippen LogP contribution in [0.15, 0.2) is 11.1 Å². The molecule has 0 atom stereocenters. The highest BCUT2D eigenvalue weighted by Crippen LogP contribution is 2.14. The van der Waals surface area contributed by atoms with E-state index in [9.17, 15) is 4.79 Å². The van der Waals surface area contributed by atoms with E-state index < -0.39 is 0 Å². The van der Waals surface area contributed by atoms with Crippen LogP contribution in [0.3, 0.4) is 0 Å². The second kappa shape index (κ2) is 3.85. The minimum absolute atomic E-state index is 0.178. The SMILES string of the molecule is CN1CCN(c2nc3nc[nH]c(=O)c3[nH]2)CC1. The maximum Gasteiger partial charge on any atom is 0.276 e. The molecule has 0 unspecified atom stereocenters. The van der Waals surface area contributed by atoms with Crippen LogP contribution in [0.2, 0.25) is 0 Å². The van der Waals surface area contributed by atoms with E-state index in [4.69, 9.17) is 0 Å². The zero-order valence-electron chi connectivity index (χ0n) is 9.60. The van der Waals surface area contributed by atoms with Gasteiger partial charge >= 0.3 is 0 Å². The molecule has 0 saturated carbocycles. The summed E-state index contributed by atoms with van der Waals surface area (Å²) in [5.74, 6) is 0.734. The molecule has 1 aliphatic rings. The van der Waals surface area contributed by atoms with Crippen molar-refractivity contribution in [3.63, 3.8) is 0 Å². The van der Waals surface area contributed by atoms with Crippen molar-refractivity contribution in [1.82, 2.24) is 24.8 Å². The number of nitrogens with zero attached hydrogens (tertiary/aromatic N) is 4. The van der Waals surface area contributed by atoms with Crippen molar-refractivity contribution in [2.45, 2.75) is 0 Å². The molecular formula is C10H14N6O. The van der Waals surface area contributed by atoms with E-state index in [-0.39, 0.29) is 5.56 Å². The van der Waals surface area contributed by atoms with Crippen LogP contribution in [0, 0.1) is 0 Å². The average molecular weight is 234 g/mol. The molecule has 1 aliphatic heterocycles. The van der Waals surface area contributed by atoms with Crippen molar-refractivity contribution in [3.05, 3.63) is 16.7 Å². The number of rotatable bonds is 1. The third kappa shape index (κ3) is 1.78. The Bertz CT molecular complexity index is 580. The predicted octanol–water partition coefficient (Wildman–Crippen LogP) is -0.602. The molecule has 1 fully saturated rings. The van der Waals surface area contributed by atoms with Crippen molar-refractivity contribution in [2.24, 2.45) is 0 Å². The molecule has 3 rings (SSSR count). The number of piperazine rings is 1. The molecule has 7 heteroatoms. The van der Waals surface area contributed by atoms with Gasteiger partial charge in [0.05, 0.1) is 6.33 Å². The number of H-pyrrole nitrogens is 2. The summed E-state index contributed by atoms with van der Waals surface area (Å²) in [5.41, 5.74) is 0.743. The largest absolute Gasteiger partial charge is 0.340 e. The van der Waals surface area contributed by atoms with Crippen LogP contribution in [0.25, 0.3) is 11.2 Å². The van der Waals surface area contributed by atoms with Crippen LogP contribution in [-0.2, 0) is 0 Å². The van der Waals surface area contributed by atoms with Gasteiger partial charge in [-0.3, -0.25) is 4.79 Å². The fourth-order valence-corrected chi connectivity index (χ4v) is 2.00. The number of hydrogen-bond donors (Lipinski definition) is 2. The van der Waals surface area contributed by atoms with Crippen LogP contribution in [-0.4, -0.2) is 58.1 Å². The number of nitrogens with one attached hydrogen (secondary N) is 2. The maximum atomic E-state index is 11.5. The number of imidazole rings is 1. The van der Waals surface area contributed by atoms with Gasteiger partial charge in [-0.1, -0.05) is 0 Å². The number of fused-ring (bicyclic) bond motifs is 1. The van der Waals surface area contributed by atoms with E-state index in [0.29, 0.717) is 11.2 Å². The van der Waals surface area contributed by atoms with E-state index in [2.05, 4.69) is 36.8 Å². The molecule has 7 nitrogen and oxygen atoms in total. The fourth-order valence-electron chi connectivity index (χ4n) is 2.00. The van der Waals surface area contributed by atoms with Crippen molar-refractivity contribution < 1.29 is 0 Å². The molecule has 0 aromatic carbocycles. The van der Waals surface area contributed by atoms with Crippen molar-refractivity contribution in [2.75, 3.05) is 38.1 Å². The number of aromatic nitrogens is 4. The van der Waals surface area contributed by atoms with E-state index in [1.807, 2.05) is 0 Å². The first-order chi connectivity index (χ1) is 8.24. The van der Waals surface area contributed by atoms with E-state index in [1.54, 1.807) is 0 Å². The number of hydrogen-bond acceptors (Lipinski definition) is 5. The first kappa shape index (κ1) is 10.3. The summed E-state index contributed by atoms with van der Waals surface area (Å²) in [7, 11) is 2.10. The molecule has 1 saturated heterocycles. The summed E-state index contributed by atoms with van der Waals surface area (Å²) in [5, 5.41) is 0. The second-order valence-corrected chi connectivity index (χ2v) is 4.28. The van der Waals surface area contributed by atoms with Crippen LogP contribution >= 0.6 is 0 Å². The van der Waals surface area contributed by atoms with Crippen LogP contribution in [0.5, 0.6) is 0 Å². The van der Waals surface area contributed by atoms with Gasteiger partial charge in [0.15, 0.2) is 11.2 Å². The van der Waals surface area contributed by atoms with Gasteiger partial charge in [0, 0.05) is 26.2 Å². The van der Waals surface area contributed by atoms with Gasteiger partial charge in [0.1, 0.15) is 0 Å². The van der Waals surface area contributed by atoms with Crippen LogP contribution in [0.1, 0.15) is 0 Å². The van der Waals surface area contributed by atoms with Gasteiger partial charge in [-0.05, 0) is 7.05 Å². The zero-order valence-corrected chi connectivity index (χ0v) is 9.60. The smallest absolute Gasteiger partial charge is 0.276 e. The Morgan fingerprint density at radius 2 is 2.06 bits per heavy atom. The lowest BCUT2D eigenvalue weighted by atomic mass is 10.3. The molecule has 90 valence electrons. The Kier molecular flexibility index (Phi) is 2.32. The standard InChI is InChI=1S/C10H14N6O/c1-15-2-4-16(5-3-15)10-13-7-8(14-10)11-6-12-9(7)17/h6H,2-5H2,1H3,(H2,11,12,13,14,17). The summed E-state index contributed by atoms with van der Waals surface area (Å²) in [4.78, 5) is 29.9. The number of aromatic amines is 2. The highest BCUT2D eigenvalue weighted by atomic mass is 16.1. The summed E-state index contributed by atoms with van der Waals surface area (Å²) < 4.78 is 0. The molecule has 3 heterocycles. The topological polar surface area (TPSA) is 80.9 Å². The van der Waals surface area contributed by atoms with E-state index in [0.717, 1.165) is 32.1 Å². The lowest BCUT2D eigenvalue weighted by molar-refractivity contribution is 0.311. The third-order valence-electron chi connectivity index (χ3n) is 3.08. The molecule has 2 aromatic heterocycles. The molecule has 0 spiro atoms. The Balaban J connectivity index is 1.96. The Labute approximate surface area is 97.5 Å². The first-order valence-electron chi connectivity index (χ1n) is 5.61. The Morgan fingerprint density at radius 1 is 1.29 bits per heavy atom. The highest BCUT2D eigenvalue weighted by molar-refractivity contribution is 5.71. The minimum atomic E-state index is -0.178. The lowest BCUT2D eigenvalue weighted by Gasteiger charge is -2.31. The molecule has 2 N–H and O–H groups in total. The van der Waals surface area contributed by atoms with E-state index in [1.165, 1.54) is 6.33 Å². The minimum Gasteiger partial charge on any atom is -0.340 e. The summed E-state index contributed by atoms with van der Waals surface area (Å²) in [6.07, 6.45) is 1.37. The number of anilines is 1. The van der Waals surface area contributed by atoms with E-state index >= 15 is 0 Å². The van der Waals surface area contributed by atoms with Crippen LogP contribution in [0.4, 0.5) is 5.95 Å². The third-order valence-corrected chi connectivity index (χ3v) is 3.08. The second-order valence-electron chi connectivity index (χ2n) is 4.28. The fraction of sp³-hybridized carbons (Fsp3) is 0.500. The Morgan fingerprint density at radius 3 is 2.76 bits per heavy atom. The lowest BCUT2D eigenvalue weighted by Crippen LogP contribution is -2.44. The zero-order chi connectivity index (χ0) is 11.8. The average Bonchev–Trinajstić information content (AvgIpc) is 2.75. The van der Waals surface area contributed by atoms with Gasteiger partial charge in [-0.15, -0.1) is 0 Å². The molecule has 0 amide bonds. The van der Waals surface area contributed by atoms with Gasteiger partial charge < -0.3 is 19.8 Å². The summed E-state index contributed by atoms with van der Waals surface area (Å²) in [6.45, 7) is 3.82. The Hall–Kier alpha value is -1.89. The monoisotopic (exact) mass is 234 g/mol. The quantitative estimate of drug-likeness (QED) is 0.688. The molecule has 0 aliphatic carbocycles. The first-order valence-corrected chi connectivity index (χ1v) is 5.61. The number of likely N-dealkylation sites (N-methyl/N-ethyl adjacent to an activating group) is 1. The van der Waals surface area contributed by atoms with Gasteiger partial charge in [0.25, 0.3) is 5.56 Å². The van der Waals surface area contributed by atoms with Gasteiger partial charge in [0.2, 0.25) is 5.95 Å². The van der Waals surface area contributed by atoms with Gasteiger partial charge in [-0.2, -0.15) is 4.98 Å². The molecule has 17 heavy (non-hydrogen) atoms. The molecule has 2 aromatic rings. The predicted molar refractivity (Wildman–Crippen MR) is 64.2 cm³/mol. The summed E-state index contributed by atoms with van der Waals surface area (Å²) in [6, 6.07) is 0. The summed E-state index contributed by atoms with van der Waals surface area (Å²) >= 11 is 0. The van der Waals surface area contributed by atoms with Crippen molar-refractivity contribution in [3.8, 4) is 0 Å². The van der Waals surface area contributed by atoms with Crippen LogP contribution < -0.4 is 10.5 Å². The molecule has 0 radical (unpaired) electrons. The maximum absolute atomic E-state index is 11.5. The normalized spacial score (nSPS) is 17.8. The molecule has 0 bridgehead atoms. The van der Waals surface area contributed by atoms with Crippen molar-refractivity contribution >= 4 is 17.1 Å². The van der Waals surface area contributed by atoms with Gasteiger partial charge in [-0.25, -0.2) is 4.98 Å². The van der Waals surface area contributed by atoms with Crippen molar-refractivity contribution in [1.29, 1.82) is 0 Å². The highest BCUT2D eigenvalue weighted by Gasteiger charge is 2.18. The molecular weight excluding hydrogens is 220 g/mol.